The molecule has 3 heterocycles. The van der Waals surface area contributed by atoms with Gasteiger partial charge in [-0.15, -0.1) is 5.10 Å². The topological polar surface area (TPSA) is 130 Å². The first kappa shape index (κ1) is 24.4. The zero-order chi connectivity index (χ0) is 25.6. The lowest BCUT2D eigenvalue weighted by molar-refractivity contribution is -0.117. The number of nitrogens with zero attached hydrogens (tertiary/aromatic N) is 5. The van der Waals surface area contributed by atoms with Crippen LogP contribution in [0.25, 0.3) is 23.0 Å². The van der Waals surface area contributed by atoms with E-state index < -0.39 is 0 Å². The molecule has 0 saturated carbocycles. The maximum atomic E-state index is 13.0. The molecule has 11 heteroatoms. The molecule has 0 aliphatic carbocycles. The molecule has 0 saturated heterocycles. The van der Waals surface area contributed by atoms with Gasteiger partial charge in [0, 0.05) is 28.6 Å². The van der Waals surface area contributed by atoms with Crippen molar-refractivity contribution in [1.82, 2.24) is 35.5 Å². The molecule has 0 radical (unpaired) electrons. The van der Waals surface area contributed by atoms with Crippen LogP contribution in [0.15, 0.2) is 61.1 Å². The minimum absolute atomic E-state index is 0.0107. The van der Waals surface area contributed by atoms with Gasteiger partial charge < -0.3 is 15.6 Å². The molecular weight excluding hydrogens is 492 g/mol. The van der Waals surface area contributed by atoms with E-state index in [4.69, 9.17) is 11.6 Å². The quantitative estimate of drug-likeness (QED) is 0.343. The first-order valence-electron chi connectivity index (χ1n) is 12.0. The van der Waals surface area contributed by atoms with E-state index in [1.54, 1.807) is 30.5 Å². The second kappa shape index (κ2) is 11.2. The van der Waals surface area contributed by atoms with Gasteiger partial charge in [0.25, 0.3) is 0 Å². The van der Waals surface area contributed by atoms with Gasteiger partial charge in [-0.05, 0) is 53.6 Å². The predicted octanol–water partition coefficient (Wildman–Crippen LogP) is 4.48. The number of hydrogen-bond donors (Lipinski definition) is 3. The highest BCUT2D eigenvalue weighted by molar-refractivity contribution is 6.30. The van der Waals surface area contributed by atoms with E-state index in [1.165, 1.54) is 17.1 Å². The number of H-pyrrole nitrogens is 1. The fourth-order valence-corrected chi connectivity index (χ4v) is 4.48. The number of hydrogen-bond acceptors (Lipinski definition) is 6. The Morgan fingerprint density at radius 3 is 2.92 bits per heavy atom. The third-order valence-corrected chi connectivity index (χ3v) is 6.36. The lowest BCUT2D eigenvalue weighted by Crippen LogP contribution is -2.27. The molecule has 0 fully saturated rings. The second-order valence-electron chi connectivity index (χ2n) is 8.73. The summed E-state index contributed by atoms with van der Waals surface area (Å²) in [6, 6.07) is 12.5. The highest BCUT2D eigenvalue weighted by Crippen LogP contribution is 2.29. The molecule has 4 aromatic rings. The maximum absolute atomic E-state index is 13.0. The number of carbonyl (C=O) groups excluding carboxylic acids is 2. The number of amides is 2. The number of anilines is 1. The summed E-state index contributed by atoms with van der Waals surface area (Å²) in [5.41, 5.74) is 3.72. The number of imidazole rings is 1. The fourth-order valence-electron chi connectivity index (χ4n) is 4.30. The van der Waals surface area contributed by atoms with Crippen LogP contribution in [0, 0.1) is 0 Å². The summed E-state index contributed by atoms with van der Waals surface area (Å²) in [7, 11) is 0. The van der Waals surface area contributed by atoms with Crippen molar-refractivity contribution < 1.29 is 9.59 Å². The molecule has 1 aliphatic heterocycles. The van der Waals surface area contributed by atoms with Crippen molar-refractivity contribution in [3.63, 3.8) is 0 Å². The van der Waals surface area contributed by atoms with Gasteiger partial charge in [0.1, 0.15) is 12.2 Å². The Morgan fingerprint density at radius 1 is 1.16 bits per heavy atom. The van der Waals surface area contributed by atoms with E-state index in [0.717, 1.165) is 36.2 Å². The van der Waals surface area contributed by atoms with E-state index in [9.17, 15) is 9.59 Å². The van der Waals surface area contributed by atoms with Crippen molar-refractivity contribution in [2.75, 3.05) is 5.32 Å². The standard InChI is InChI=1S/C26H25ClN8O2/c27-18-11-12-23(35-16-29-33-34-35)17(14-18)10-13-25(37)31-21-8-2-1-3-9-24(36)30-20-7-5-4-6-19(20)22-15-28-26(21)32-22/h4-7,10-16,21H,1-3,8-9H2,(H,28,32)(H,30,36)(H,31,37)/b13-10+/t21-/m0/s1. The summed E-state index contributed by atoms with van der Waals surface area (Å²) in [6.07, 6.45) is 9.95. The molecule has 2 amide bonds. The van der Waals surface area contributed by atoms with Gasteiger partial charge in [0.15, 0.2) is 0 Å². The molecule has 1 atom stereocenters. The van der Waals surface area contributed by atoms with Gasteiger partial charge in [0.05, 0.1) is 29.3 Å². The first-order chi connectivity index (χ1) is 18.1. The van der Waals surface area contributed by atoms with Gasteiger partial charge in [0.2, 0.25) is 11.8 Å². The molecule has 1 aliphatic rings. The molecule has 5 rings (SSSR count). The third-order valence-electron chi connectivity index (χ3n) is 6.13. The van der Waals surface area contributed by atoms with Gasteiger partial charge in [-0.3, -0.25) is 9.59 Å². The number of tetrazole rings is 1. The smallest absolute Gasteiger partial charge is 0.244 e. The molecule has 10 nitrogen and oxygen atoms in total. The highest BCUT2D eigenvalue weighted by atomic mass is 35.5. The number of halogens is 1. The number of rotatable bonds is 4. The summed E-state index contributed by atoms with van der Waals surface area (Å²) in [6.45, 7) is 0. The lowest BCUT2D eigenvalue weighted by atomic mass is 10.1. The minimum Gasteiger partial charge on any atom is -0.343 e. The largest absolute Gasteiger partial charge is 0.343 e. The Bertz CT molecular complexity index is 1430. The summed E-state index contributed by atoms with van der Waals surface area (Å²) in [5, 5.41) is 17.9. The van der Waals surface area contributed by atoms with Crippen LogP contribution >= 0.6 is 11.6 Å². The minimum atomic E-state index is -0.319. The number of fused-ring (bicyclic) bond motifs is 4. The molecule has 0 unspecified atom stereocenters. The number of aromatic amines is 1. The van der Waals surface area contributed by atoms with Crippen LogP contribution in [-0.4, -0.2) is 42.0 Å². The Morgan fingerprint density at radius 2 is 2.05 bits per heavy atom. The fraction of sp³-hybridized carbons (Fsp3) is 0.231. The van der Waals surface area contributed by atoms with E-state index >= 15 is 0 Å². The van der Waals surface area contributed by atoms with Crippen molar-refractivity contribution in [2.24, 2.45) is 0 Å². The average Bonchev–Trinajstić information content (AvgIpc) is 3.60. The lowest BCUT2D eigenvalue weighted by Gasteiger charge is -2.16. The number of benzene rings is 2. The van der Waals surface area contributed by atoms with Crippen molar-refractivity contribution >= 4 is 35.2 Å². The Hall–Kier alpha value is -4.31. The second-order valence-corrected chi connectivity index (χ2v) is 9.16. The summed E-state index contributed by atoms with van der Waals surface area (Å²) in [5.74, 6) is 0.380. The van der Waals surface area contributed by atoms with E-state index in [1.807, 2.05) is 24.3 Å². The Labute approximate surface area is 218 Å². The van der Waals surface area contributed by atoms with Gasteiger partial charge >= 0.3 is 0 Å². The van der Waals surface area contributed by atoms with Crippen LogP contribution in [0.4, 0.5) is 5.69 Å². The van der Waals surface area contributed by atoms with Gasteiger partial charge in [-0.2, -0.15) is 4.68 Å². The van der Waals surface area contributed by atoms with Crippen LogP contribution in [0.5, 0.6) is 0 Å². The zero-order valence-corrected chi connectivity index (χ0v) is 20.7. The summed E-state index contributed by atoms with van der Waals surface area (Å²) >= 11 is 6.18. The highest BCUT2D eigenvalue weighted by Gasteiger charge is 2.19. The molecule has 2 aromatic carbocycles. The van der Waals surface area contributed by atoms with Crippen LogP contribution in [0.1, 0.15) is 49.5 Å². The Balaban J connectivity index is 1.37. The zero-order valence-electron chi connectivity index (χ0n) is 19.9. The molecule has 37 heavy (non-hydrogen) atoms. The maximum Gasteiger partial charge on any atom is 0.244 e. The number of nitrogens with one attached hydrogen (secondary N) is 3. The van der Waals surface area contributed by atoms with E-state index in [-0.39, 0.29) is 17.9 Å². The Kier molecular flexibility index (Phi) is 7.36. The molecule has 3 N–H and O–H groups in total. The van der Waals surface area contributed by atoms with Crippen LogP contribution in [0.2, 0.25) is 5.02 Å². The number of para-hydroxylation sites is 1. The number of aromatic nitrogens is 6. The predicted molar refractivity (Wildman–Crippen MR) is 140 cm³/mol. The normalized spacial score (nSPS) is 16.2. The van der Waals surface area contributed by atoms with E-state index in [2.05, 4.69) is 36.1 Å². The molecule has 0 spiro atoms. The monoisotopic (exact) mass is 516 g/mol. The van der Waals surface area contributed by atoms with Crippen molar-refractivity contribution in [3.05, 3.63) is 77.5 Å². The first-order valence-corrected chi connectivity index (χ1v) is 12.4. The van der Waals surface area contributed by atoms with Crippen molar-refractivity contribution in [3.8, 4) is 16.9 Å². The third kappa shape index (κ3) is 5.92. The molecule has 2 bridgehead atoms. The molecule has 2 aromatic heterocycles. The molecular formula is C26H25ClN8O2. The van der Waals surface area contributed by atoms with Crippen molar-refractivity contribution in [2.45, 2.75) is 38.1 Å². The van der Waals surface area contributed by atoms with E-state index in [0.29, 0.717) is 34.9 Å². The summed E-state index contributed by atoms with van der Waals surface area (Å²) < 4.78 is 1.51. The van der Waals surface area contributed by atoms with Crippen LogP contribution in [0.3, 0.4) is 0 Å². The van der Waals surface area contributed by atoms with Gasteiger partial charge in [-0.1, -0.05) is 42.6 Å². The molecule has 188 valence electrons. The van der Waals surface area contributed by atoms with Crippen molar-refractivity contribution in [1.29, 1.82) is 0 Å². The van der Waals surface area contributed by atoms with Gasteiger partial charge in [-0.25, -0.2) is 4.98 Å². The van der Waals surface area contributed by atoms with Crippen LogP contribution in [-0.2, 0) is 9.59 Å². The average molecular weight is 517 g/mol. The SMILES string of the molecule is O=C(/C=C/c1cc(Cl)ccc1-n1cnnn1)N[C@H]1CCCCCC(=O)Nc2ccccc2-c2cnc1[nH]2. The van der Waals surface area contributed by atoms with Crippen LogP contribution < -0.4 is 10.6 Å². The number of carbonyl (C=O) groups is 2. The summed E-state index contributed by atoms with van der Waals surface area (Å²) in [4.78, 5) is 33.3.